The van der Waals surface area contributed by atoms with Gasteiger partial charge in [0.25, 0.3) is 0 Å². The third-order valence-electron chi connectivity index (χ3n) is 2.53. The van der Waals surface area contributed by atoms with Gasteiger partial charge in [-0.15, -0.1) is 0 Å². The number of nitrogens with zero attached hydrogens (tertiary/aromatic N) is 1. The lowest BCUT2D eigenvalue weighted by Crippen LogP contribution is -1.97. The van der Waals surface area contributed by atoms with Crippen LogP contribution in [0.4, 0.5) is 10.1 Å². The molecule has 0 aliphatic rings. The molecule has 108 valence electrons. The second-order valence-corrected chi connectivity index (χ2v) is 4.78. The minimum Gasteiger partial charge on any atom is -0.478 e. The highest BCUT2D eigenvalue weighted by Crippen LogP contribution is 2.35. The third-order valence-corrected chi connectivity index (χ3v) is 3.14. The van der Waals surface area contributed by atoms with Gasteiger partial charge in [0.1, 0.15) is 11.6 Å². The lowest BCUT2D eigenvalue weighted by atomic mass is 10.2. The molecule has 0 amide bonds. The summed E-state index contributed by atoms with van der Waals surface area (Å²) in [6.45, 7) is 0. The summed E-state index contributed by atoms with van der Waals surface area (Å²) in [7, 11) is 0. The number of carboxylic acid groups (broad SMARTS) is 1. The number of ether oxygens (including phenoxy) is 1. The van der Waals surface area contributed by atoms with Crippen LogP contribution in [0.15, 0.2) is 40.9 Å². The Balaban J connectivity index is 2.36. The zero-order chi connectivity index (χ0) is 15.6. The maximum absolute atomic E-state index is 13.5. The first kappa shape index (κ1) is 14.9. The van der Waals surface area contributed by atoms with Crippen molar-refractivity contribution in [1.29, 1.82) is 0 Å². The van der Waals surface area contributed by atoms with Gasteiger partial charge in [0, 0.05) is 12.1 Å². The molecule has 0 saturated heterocycles. The first-order valence-corrected chi connectivity index (χ1v) is 6.32. The number of hydrogen-bond donors (Lipinski definition) is 1. The average molecular weight is 356 g/mol. The first-order chi connectivity index (χ1) is 9.88. The number of halogens is 2. The van der Waals surface area contributed by atoms with Gasteiger partial charge in [0.15, 0.2) is 0 Å². The van der Waals surface area contributed by atoms with Crippen molar-refractivity contribution in [3.8, 4) is 11.5 Å². The Morgan fingerprint density at radius 1 is 1.29 bits per heavy atom. The summed E-state index contributed by atoms with van der Waals surface area (Å²) in [5, 5.41) is 19.7. The van der Waals surface area contributed by atoms with Crippen LogP contribution in [-0.2, 0) is 0 Å². The Morgan fingerprint density at radius 2 is 1.90 bits per heavy atom. The van der Waals surface area contributed by atoms with Crippen molar-refractivity contribution in [3.63, 3.8) is 0 Å². The van der Waals surface area contributed by atoms with Crippen molar-refractivity contribution in [1.82, 2.24) is 0 Å². The summed E-state index contributed by atoms with van der Waals surface area (Å²) in [4.78, 5) is 20.9. The Labute approximate surface area is 126 Å². The molecule has 2 aromatic carbocycles. The summed E-state index contributed by atoms with van der Waals surface area (Å²) >= 11 is 2.86. The minimum atomic E-state index is -1.11. The van der Waals surface area contributed by atoms with Crippen LogP contribution in [0.1, 0.15) is 10.4 Å². The summed E-state index contributed by atoms with van der Waals surface area (Å²) in [5.41, 5.74) is -0.371. The fourth-order valence-corrected chi connectivity index (χ4v) is 1.87. The standard InChI is InChI=1S/C13H7BrFNO5/c14-9-5-11(16(19)20)12(6-10(9)15)21-8-3-1-7(2-4-8)13(17)18/h1-6H,(H,17,18). The van der Waals surface area contributed by atoms with Gasteiger partial charge in [-0.05, 0) is 40.2 Å². The third kappa shape index (κ3) is 3.34. The molecule has 8 heteroatoms. The maximum atomic E-state index is 13.5. The van der Waals surface area contributed by atoms with Crippen LogP contribution >= 0.6 is 15.9 Å². The highest BCUT2D eigenvalue weighted by molar-refractivity contribution is 9.10. The van der Waals surface area contributed by atoms with Gasteiger partial charge in [-0.25, -0.2) is 9.18 Å². The van der Waals surface area contributed by atoms with Crippen LogP contribution in [0.2, 0.25) is 0 Å². The largest absolute Gasteiger partial charge is 0.478 e. The SMILES string of the molecule is O=C(O)c1ccc(Oc2cc(F)c(Br)cc2[N+](=O)[O-])cc1. The van der Waals surface area contributed by atoms with E-state index >= 15 is 0 Å². The van der Waals surface area contributed by atoms with Crippen molar-refractivity contribution >= 4 is 27.6 Å². The fraction of sp³-hybridized carbons (Fsp3) is 0. The fourth-order valence-electron chi connectivity index (χ4n) is 1.54. The number of benzene rings is 2. The van der Waals surface area contributed by atoms with Gasteiger partial charge in [-0.1, -0.05) is 0 Å². The molecule has 1 N–H and O–H groups in total. The Kier molecular flexibility index (Phi) is 4.18. The van der Waals surface area contributed by atoms with Crippen LogP contribution in [0, 0.1) is 15.9 Å². The normalized spacial score (nSPS) is 10.2. The zero-order valence-electron chi connectivity index (χ0n) is 10.2. The molecular formula is C13H7BrFNO5. The average Bonchev–Trinajstić information content (AvgIpc) is 2.43. The predicted molar refractivity (Wildman–Crippen MR) is 74.2 cm³/mol. The molecular weight excluding hydrogens is 349 g/mol. The van der Waals surface area contributed by atoms with E-state index in [0.717, 1.165) is 12.1 Å². The molecule has 0 spiro atoms. The van der Waals surface area contributed by atoms with E-state index in [1.54, 1.807) is 0 Å². The molecule has 0 bridgehead atoms. The number of rotatable bonds is 4. The van der Waals surface area contributed by atoms with E-state index in [-0.39, 0.29) is 21.5 Å². The van der Waals surface area contributed by atoms with Gasteiger partial charge in [0.2, 0.25) is 5.75 Å². The van der Waals surface area contributed by atoms with Crippen LogP contribution < -0.4 is 4.74 Å². The van der Waals surface area contributed by atoms with Gasteiger partial charge in [-0.3, -0.25) is 10.1 Å². The van der Waals surface area contributed by atoms with E-state index < -0.39 is 22.4 Å². The molecule has 0 fully saturated rings. The van der Waals surface area contributed by atoms with Crippen molar-refractivity contribution in [2.24, 2.45) is 0 Å². The van der Waals surface area contributed by atoms with Crippen LogP contribution in [-0.4, -0.2) is 16.0 Å². The van der Waals surface area contributed by atoms with E-state index in [0.29, 0.717) is 0 Å². The molecule has 0 aliphatic carbocycles. The molecule has 2 rings (SSSR count). The number of carbonyl (C=O) groups is 1. The molecule has 0 unspecified atom stereocenters. The van der Waals surface area contributed by atoms with E-state index in [1.165, 1.54) is 24.3 Å². The monoisotopic (exact) mass is 355 g/mol. The summed E-state index contributed by atoms with van der Waals surface area (Å²) in [6.07, 6.45) is 0. The van der Waals surface area contributed by atoms with Gasteiger partial charge >= 0.3 is 11.7 Å². The molecule has 0 atom stereocenters. The molecule has 0 radical (unpaired) electrons. The topological polar surface area (TPSA) is 89.7 Å². The number of carboxylic acids is 1. The molecule has 0 heterocycles. The number of hydrogen-bond acceptors (Lipinski definition) is 4. The Morgan fingerprint density at radius 3 is 2.43 bits per heavy atom. The molecule has 2 aromatic rings. The minimum absolute atomic E-state index is 0.0406. The second-order valence-electron chi connectivity index (χ2n) is 3.92. The molecule has 6 nitrogen and oxygen atoms in total. The lowest BCUT2D eigenvalue weighted by Gasteiger charge is -2.07. The Bertz CT molecular complexity index is 717. The van der Waals surface area contributed by atoms with Gasteiger partial charge < -0.3 is 9.84 Å². The van der Waals surface area contributed by atoms with Crippen LogP contribution in [0.3, 0.4) is 0 Å². The quantitative estimate of drug-likeness (QED) is 0.661. The maximum Gasteiger partial charge on any atom is 0.335 e. The van der Waals surface area contributed by atoms with Crippen molar-refractivity contribution in [2.75, 3.05) is 0 Å². The summed E-state index contributed by atoms with van der Waals surface area (Å²) in [5.74, 6) is -1.94. The smallest absolute Gasteiger partial charge is 0.335 e. The first-order valence-electron chi connectivity index (χ1n) is 5.53. The zero-order valence-corrected chi connectivity index (χ0v) is 11.8. The summed E-state index contributed by atoms with van der Waals surface area (Å²) < 4.78 is 18.7. The van der Waals surface area contributed by atoms with E-state index in [2.05, 4.69) is 15.9 Å². The van der Waals surface area contributed by atoms with E-state index in [9.17, 15) is 19.3 Å². The molecule has 21 heavy (non-hydrogen) atoms. The molecule has 0 saturated carbocycles. The van der Waals surface area contributed by atoms with Gasteiger partial charge in [-0.2, -0.15) is 0 Å². The number of aromatic carboxylic acids is 1. The number of nitro groups is 1. The highest BCUT2D eigenvalue weighted by Gasteiger charge is 2.19. The second kappa shape index (κ2) is 5.88. The van der Waals surface area contributed by atoms with Crippen molar-refractivity contribution in [2.45, 2.75) is 0 Å². The van der Waals surface area contributed by atoms with Gasteiger partial charge in [0.05, 0.1) is 15.0 Å². The Hall–Kier alpha value is -2.48. The van der Waals surface area contributed by atoms with Crippen molar-refractivity contribution < 1.29 is 24.0 Å². The van der Waals surface area contributed by atoms with Crippen LogP contribution in [0.5, 0.6) is 11.5 Å². The van der Waals surface area contributed by atoms with E-state index in [1.807, 2.05) is 0 Å². The molecule has 0 aliphatic heterocycles. The summed E-state index contributed by atoms with van der Waals surface area (Å²) in [6, 6.07) is 7.08. The molecule has 0 aromatic heterocycles. The lowest BCUT2D eigenvalue weighted by molar-refractivity contribution is -0.385. The van der Waals surface area contributed by atoms with Crippen LogP contribution in [0.25, 0.3) is 0 Å². The predicted octanol–water partition coefficient (Wildman–Crippen LogP) is 3.99. The van der Waals surface area contributed by atoms with Crippen molar-refractivity contribution in [3.05, 3.63) is 62.4 Å². The number of nitro benzene ring substituents is 1. The highest BCUT2D eigenvalue weighted by atomic mass is 79.9. The van der Waals surface area contributed by atoms with E-state index in [4.69, 9.17) is 9.84 Å².